The van der Waals surface area contributed by atoms with Gasteiger partial charge in [0, 0.05) is 63.1 Å². The van der Waals surface area contributed by atoms with E-state index in [0.29, 0.717) is 89.2 Å². The Bertz CT molecular complexity index is 1120. The number of hydrogen-bond acceptors (Lipinski definition) is 9. The van der Waals surface area contributed by atoms with Crippen LogP contribution < -0.4 is 16.8 Å². The molecule has 1 rings (SSSR count). The molecule has 1 heterocycles. The highest BCUT2D eigenvalue weighted by atomic mass is 16.5. The quantitative estimate of drug-likeness (QED) is 0.0883. The number of carbonyl (C=O) groups is 5. The van der Waals surface area contributed by atoms with Gasteiger partial charge in [0.15, 0.2) is 0 Å². The van der Waals surface area contributed by atoms with Crippen LogP contribution in [0.4, 0.5) is 0 Å². The summed E-state index contributed by atoms with van der Waals surface area (Å²) in [6.45, 7) is 10.6. The number of hydrogen-bond donors (Lipinski definition) is 3. The average molecular weight is 707 g/mol. The number of primary amides is 2. The number of aromatic nitrogens is 3. The Hall–Kier alpha value is -3.19. The molecule has 286 valence electrons. The van der Waals surface area contributed by atoms with Crippen molar-refractivity contribution in [2.75, 3.05) is 33.0 Å². The fraction of sp³-hybridized carbons (Fsp3) is 0.811. The lowest BCUT2D eigenvalue weighted by atomic mass is 9.91. The third-order valence-electron chi connectivity index (χ3n) is 8.61. The van der Waals surface area contributed by atoms with Crippen LogP contribution in [0.2, 0.25) is 0 Å². The van der Waals surface area contributed by atoms with Gasteiger partial charge in [-0.3, -0.25) is 24.0 Å². The van der Waals surface area contributed by atoms with Gasteiger partial charge in [0.25, 0.3) is 0 Å². The summed E-state index contributed by atoms with van der Waals surface area (Å²) in [5, 5.41) is 11.0. The SMILES string of the molecule is CC(C)CC(CCCCCC(=O)CCOCCNC(=O)CCc1cn(CCOCCC(=O)CCCCCC(CC(C)C)C(N)=O)nn1)C(N)=O. The molecule has 0 saturated heterocycles. The first-order valence-electron chi connectivity index (χ1n) is 18.8. The van der Waals surface area contributed by atoms with Gasteiger partial charge in [-0.25, -0.2) is 4.68 Å². The van der Waals surface area contributed by atoms with E-state index in [2.05, 4.69) is 43.3 Å². The fourth-order valence-corrected chi connectivity index (χ4v) is 5.81. The maximum Gasteiger partial charge on any atom is 0.220 e. The Morgan fingerprint density at radius 1 is 0.700 bits per heavy atom. The zero-order chi connectivity index (χ0) is 37.1. The number of aryl methyl sites for hydroxylation is 1. The number of Topliss-reactive ketones (excluding diaryl/α,β-unsaturated/α-hetero) is 2. The van der Waals surface area contributed by atoms with Gasteiger partial charge in [-0.15, -0.1) is 5.10 Å². The molecule has 5 N–H and O–H groups in total. The standard InChI is InChI=1S/C37H66N6O7/c1-28(2)25-30(36(38)47)11-7-5-9-13-33(44)17-21-49-23-19-40-35(46)16-15-32-27-43(42-41-32)20-24-50-22-18-34(45)14-10-6-8-12-31(37(39)48)26-29(3)4/h27-31H,5-26H2,1-4H3,(H2,38,47)(H2,39,48)(H,40,46). The molecule has 0 bridgehead atoms. The summed E-state index contributed by atoms with van der Waals surface area (Å²) >= 11 is 0. The molecule has 0 aromatic carbocycles. The molecule has 1 aromatic rings. The molecule has 0 radical (unpaired) electrons. The van der Waals surface area contributed by atoms with Gasteiger partial charge in [0.05, 0.1) is 38.7 Å². The summed E-state index contributed by atoms with van der Waals surface area (Å²) in [5.74, 6) is 0.472. The van der Waals surface area contributed by atoms with Crippen LogP contribution in [-0.4, -0.2) is 77.3 Å². The smallest absolute Gasteiger partial charge is 0.220 e. The van der Waals surface area contributed by atoms with E-state index < -0.39 is 0 Å². The first kappa shape index (κ1) is 44.8. The monoisotopic (exact) mass is 706 g/mol. The number of amides is 3. The predicted molar refractivity (Wildman–Crippen MR) is 193 cm³/mol. The Morgan fingerprint density at radius 3 is 1.72 bits per heavy atom. The summed E-state index contributed by atoms with van der Waals surface area (Å²) in [6.07, 6.45) is 12.7. The number of ether oxygens (including phenoxy) is 2. The molecule has 0 aliphatic carbocycles. The number of unbranched alkanes of at least 4 members (excludes halogenated alkanes) is 4. The number of rotatable bonds is 33. The summed E-state index contributed by atoms with van der Waals surface area (Å²) in [6, 6.07) is 0. The molecule has 2 atom stereocenters. The number of nitrogens with two attached hydrogens (primary N) is 2. The second-order valence-electron chi connectivity index (χ2n) is 14.3. The van der Waals surface area contributed by atoms with Crippen molar-refractivity contribution in [3.8, 4) is 0 Å². The summed E-state index contributed by atoms with van der Waals surface area (Å²) < 4.78 is 12.8. The van der Waals surface area contributed by atoms with Gasteiger partial charge >= 0.3 is 0 Å². The molecule has 13 heteroatoms. The van der Waals surface area contributed by atoms with Crippen LogP contribution in [0.15, 0.2) is 6.20 Å². The van der Waals surface area contributed by atoms with Crippen LogP contribution >= 0.6 is 0 Å². The van der Waals surface area contributed by atoms with E-state index in [1.807, 2.05) is 0 Å². The zero-order valence-corrected chi connectivity index (χ0v) is 31.3. The van der Waals surface area contributed by atoms with Gasteiger partial charge < -0.3 is 26.3 Å². The molecular weight excluding hydrogens is 640 g/mol. The minimum atomic E-state index is -0.233. The second-order valence-corrected chi connectivity index (χ2v) is 14.3. The molecule has 0 spiro atoms. The molecule has 0 aliphatic heterocycles. The van der Waals surface area contributed by atoms with Gasteiger partial charge in [-0.05, 0) is 50.4 Å². The van der Waals surface area contributed by atoms with Crippen LogP contribution in [-0.2, 0) is 46.4 Å². The molecule has 2 unspecified atom stereocenters. The van der Waals surface area contributed by atoms with Crippen molar-refractivity contribution in [2.24, 2.45) is 35.1 Å². The van der Waals surface area contributed by atoms with Crippen LogP contribution in [0.25, 0.3) is 0 Å². The van der Waals surface area contributed by atoms with Crippen molar-refractivity contribution in [1.29, 1.82) is 0 Å². The molecule has 3 amide bonds. The third kappa shape index (κ3) is 24.0. The van der Waals surface area contributed by atoms with E-state index >= 15 is 0 Å². The maximum atomic E-state index is 12.2. The summed E-state index contributed by atoms with van der Waals surface area (Å²) in [5.41, 5.74) is 11.7. The number of nitrogens with zero attached hydrogens (tertiary/aromatic N) is 3. The second kappa shape index (κ2) is 27.5. The van der Waals surface area contributed by atoms with E-state index in [1.165, 1.54) is 0 Å². The lowest BCUT2D eigenvalue weighted by molar-refractivity contribution is -0.123. The molecule has 0 fully saturated rings. The first-order valence-corrected chi connectivity index (χ1v) is 18.8. The van der Waals surface area contributed by atoms with E-state index in [9.17, 15) is 24.0 Å². The fourth-order valence-electron chi connectivity index (χ4n) is 5.81. The largest absolute Gasteiger partial charge is 0.379 e. The van der Waals surface area contributed by atoms with Crippen LogP contribution in [0, 0.1) is 23.7 Å². The normalized spacial score (nSPS) is 12.7. The minimum absolute atomic E-state index is 0.0781. The lowest BCUT2D eigenvalue weighted by Gasteiger charge is -2.15. The molecule has 0 aliphatic rings. The minimum Gasteiger partial charge on any atom is -0.379 e. The topological polar surface area (TPSA) is 199 Å². The van der Waals surface area contributed by atoms with E-state index in [4.69, 9.17) is 20.9 Å². The number of ketones is 2. The number of carbonyl (C=O) groups excluding carboxylic acids is 5. The molecule has 1 aromatic heterocycles. The van der Waals surface area contributed by atoms with E-state index in [-0.39, 0.29) is 47.5 Å². The van der Waals surface area contributed by atoms with Crippen molar-refractivity contribution >= 4 is 29.3 Å². The van der Waals surface area contributed by atoms with Crippen molar-refractivity contribution < 1.29 is 33.4 Å². The Labute approximate surface area is 299 Å². The van der Waals surface area contributed by atoms with Crippen molar-refractivity contribution in [1.82, 2.24) is 20.3 Å². The van der Waals surface area contributed by atoms with E-state index in [0.717, 1.165) is 64.2 Å². The van der Waals surface area contributed by atoms with Crippen molar-refractivity contribution in [2.45, 2.75) is 137 Å². The van der Waals surface area contributed by atoms with Gasteiger partial charge in [-0.1, -0.05) is 58.6 Å². The maximum absolute atomic E-state index is 12.2. The molecule has 13 nitrogen and oxygen atoms in total. The van der Waals surface area contributed by atoms with Gasteiger partial charge in [0.2, 0.25) is 17.7 Å². The average Bonchev–Trinajstić information content (AvgIpc) is 3.50. The van der Waals surface area contributed by atoms with Gasteiger partial charge in [-0.2, -0.15) is 0 Å². The highest BCUT2D eigenvalue weighted by Gasteiger charge is 2.17. The lowest BCUT2D eigenvalue weighted by Crippen LogP contribution is -2.27. The third-order valence-corrected chi connectivity index (χ3v) is 8.61. The highest BCUT2D eigenvalue weighted by Crippen LogP contribution is 2.20. The van der Waals surface area contributed by atoms with Crippen molar-refractivity contribution in [3.05, 3.63) is 11.9 Å². The van der Waals surface area contributed by atoms with Crippen LogP contribution in [0.5, 0.6) is 0 Å². The molecule has 50 heavy (non-hydrogen) atoms. The van der Waals surface area contributed by atoms with Crippen LogP contribution in [0.1, 0.15) is 130 Å². The highest BCUT2D eigenvalue weighted by molar-refractivity contribution is 5.79. The van der Waals surface area contributed by atoms with E-state index in [1.54, 1.807) is 10.9 Å². The molecular formula is C37H66N6O7. The Morgan fingerprint density at radius 2 is 1.22 bits per heavy atom. The number of nitrogens with one attached hydrogen (secondary N) is 1. The zero-order valence-electron chi connectivity index (χ0n) is 31.3. The van der Waals surface area contributed by atoms with Crippen LogP contribution in [0.3, 0.4) is 0 Å². The summed E-state index contributed by atoms with van der Waals surface area (Å²) in [4.78, 5) is 59.6. The Kier molecular flexibility index (Phi) is 24.7. The first-order chi connectivity index (χ1) is 23.9. The Balaban J connectivity index is 2.02. The van der Waals surface area contributed by atoms with Gasteiger partial charge in [0.1, 0.15) is 11.6 Å². The summed E-state index contributed by atoms with van der Waals surface area (Å²) in [7, 11) is 0. The predicted octanol–water partition coefficient (Wildman–Crippen LogP) is 4.47. The van der Waals surface area contributed by atoms with Crippen molar-refractivity contribution in [3.63, 3.8) is 0 Å². The molecule has 0 saturated carbocycles.